The highest BCUT2D eigenvalue weighted by Crippen LogP contribution is 2.22. The smallest absolute Gasteiger partial charge is 0.0793 e. The highest BCUT2D eigenvalue weighted by atomic mass is 15.3. The van der Waals surface area contributed by atoms with Crippen molar-refractivity contribution < 1.29 is 0 Å². The third-order valence-electron chi connectivity index (χ3n) is 2.86. The minimum absolute atomic E-state index is 0.396. The summed E-state index contributed by atoms with van der Waals surface area (Å²) in [5, 5.41) is 7.79. The maximum absolute atomic E-state index is 4.45. The minimum atomic E-state index is 0.396. The van der Waals surface area contributed by atoms with E-state index in [1.54, 1.807) is 0 Å². The zero-order chi connectivity index (χ0) is 11.3. The molecule has 0 spiro atoms. The quantitative estimate of drug-likeness (QED) is 0.780. The molecule has 3 nitrogen and oxygen atoms in total. The number of hydrogen-bond acceptors (Lipinski definition) is 2. The first-order chi connectivity index (χ1) is 7.17. The summed E-state index contributed by atoms with van der Waals surface area (Å²) in [4.78, 5) is 0. The molecule has 2 unspecified atom stereocenters. The Bertz CT molecular complexity index is 280. The summed E-state index contributed by atoms with van der Waals surface area (Å²) in [7, 11) is 3.98. The van der Waals surface area contributed by atoms with Crippen molar-refractivity contribution in [3.05, 3.63) is 18.0 Å². The fourth-order valence-electron chi connectivity index (χ4n) is 2.02. The van der Waals surface area contributed by atoms with Crippen LogP contribution >= 0.6 is 0 Å². The van der Waals surface area contributed by atoms with Crippen LogP contribution in [0.2, 0.25) is 0 Å². The van der Waals surface area contributed by atoms with Gasteiger partial charge in [-0.2, -0.15) is 5.10 Å². The molecular formula is C12H23N3. The van der Waals surface area contributed by atoms with Gasteiger partial charge in [0.1, 0.15) is 0 Å². The summed E-state index contributed by atoms with van der Waals surface area (Å²) in [6.45, 7) is 4.56. The highest BCUT2D eigenvalue weighted by Gasteiger charge is 2.15. The van der Waals surface area contributed by atoms with Gasteiger partial charge in [0.2, 0.25) is 0 Å². The van der Waals surface area contributed by atoms with Crippen LogP contribution in [0.1, 0.15) is 44.8 Å². The van der Waals surface area contributed by atoms with E-state index in [1.165, 1.54) is 19.3 Å². The molecule has 3 heteroatoms. The topological polar surface area (TPSA) is 29.9 Å². The number of aryl methyl sites for hydroxylation is 1. The Morgan fingerprint density at radius 3 is 2.73 bits per heavy atom. The molecule has 0 aliphatic heterocycles. The zero-order valence-corrected chi connectivity index (χ0v) is 10.3. The fraction of sp³-hybridized carbons (Fsp3) is 0.750. The van der Waals surface area contributed by atoms with E-state index in [-0.39, 0.29) is 0 Å². The molecule has 0 bridgehead atoms. The van der Waals surface area contributed by atoms with Crippen LogP contribution in [0, 0.1) is 5.92 Å². The van der Waals surface area contributed by atoms with Crippen molar-refractivity contribution in [2.75, 3.05) is 7.05 Å². The number of nitrogens with one attached hydrogen (secondary N) is 1. The van der Waals surface area contributed by atoms with Crippen LogP contribution in [-0.4, -0.2) is 16.8 Å². The van der Waals surface area contributed by atoms with E-state index in [4.69, 9.17) is 0 Å². The molecule has 1 aromatic rings. The van der Waals surface area contributed by atoms with Crippen LogP contribution in [0.25, 0.3) is 0 Å². The number of hydrogen-bond donors (Lipinski definition) is 1. The number of rotatable bonds is 6. The van der Waals surface area contributed by atoms with E-state index >= 15 is 0 Å². The van der Waals surface area contributed by atoms with Gasteiger partial charge in [0.15, 0.2) is 0 Å². The van der Waals surface area contributed by atoms with Gasteiger partial charge in [-0.1, -0.05) is 26.7 Å². The van der Waals surface area contributed by atoms with Crippen LogP contribution in [0.4, 0.5) is 0 Å². The molecule has 1 rings (SSSR count). The second-order valence-electron chi connectivity index (χ2n) is 4.39. The van der Waals surface area contributed by atoms with Gasteiger partial charge in [-0.15, -0.1) is 0 Å². The summed E-state index contributed by atoms with van der Waals surface area (Å²) in [5.41, 5.74) is 1.16. The molecular weight excluding hydrogens is 186 g/mol. The lowest BCUT2D eigenvalue weighted by Gasteiger charge is -2.18. The third-order valence-corrected chi connectivity index (χ3v) is 2.86. The highest BCUT2D eigenvalue weighted by molar-refractivity contribution is 5.05. The van der Waals surface area contributed by atoms with Crippen LogP contribution in [0.5, 0.6) is 0 Å². The van der Waals surface area contributed by atoms with Crippen LogP contribution in [0.15, 0.2) is 12.3 Å². The van der Waals surface area contributed by atoms with Crippen molar-refractivity contribution in [1.82, 2.24) is 15.1 Å². The average Bonchev–Trinajstić information content (AvgIpc) is 2.61. The second-order valence-corrected chi connectivity index (χ2v) is 4.39. The molecule has 0 fully saturated rings. The number of nitrogens with zero attached hydrogens (tertiary/aromatic N) is 2. The first kappa shape index (κ1) is 12.2. The fourth-order valence-corrected chi connectivity index (χ4v) is 2.02. The summed E-state index contributed by atoms with van der Waals surface area (Å²) >= 11 is 0. The molecule has 2 atom stereocenters. The van der Waals surface area contributed by atoms with Gasteiger partial charge < -0.3 is 5.32 Å². The SMILES string of the molecule is CCCC(C)CC(NC)c1ccn(C)n1. The largest absolute Gasteiger partial charge is 0.312 e. The average molecular weight is 209 g/mol. The van der Waals surface area contributed by atoms with Gasteiger partial charge in [0.05, 0.1) is 11.7 Å². The molecule has 0 saturated carbocycles. The zero-order valence-electron chi connectivity index (χ0n) is 10.3. The Labute approximate surface area is 92.9 Å². The molecule has 0 radical (unpaired) electrons. The van der Waals surface area contributed by atoms with Crippen molar-refractivity contribution in [1.29, 1.82) is 0 Å². The number of aromatic nitrogens is 2. The monoisotopic (exact) mass is 209 g/mol. The first-order valence-corrected chi connectivity index (χ1v) is 5.84. The lowest BCUT2D eigenvalue weighted by atomic mass is 9.96. The molecule has 0 aromatic carbocycles. The van der Waals surface area contributed by atoms with Crippen LogP contribution < -0.4 is 5.32 Å². The van der Waals surface area contributed by atoms with E-state index in [0.717, 1.165) is 11.6 Å². The van der Waals surface area contributed by atoms with Crippen molar-refractivity contribution in [3.63, 3.8) is 0 Å². The molecule has 0 aliphatic carbocycles. The molecule has 86 valence electrons. The molecule has 1 heterocycles. The van der Waals surface area contributed by atoms with Gasteiger partial charge in [-0.3, -0.25) is 4.68 Å². The lowest BCUT2D eigenvalue weighted by molar-refractivity contribution is 0.399. The third kappa shape index (κ3) is 3.67. The molecule has 0 amide bonds. The molecule has 1 aromatic heterocycles. The minimum Gasteiger partial charge on any atom is -0.312 e. The van der Waals surface area contributed by atoms with Gasteiger partial charge in [0, 0.05) is 13.2 Å². The van der Waals surface area contributed by atoms with Crippen LogP contribution in [-0.2, 0) is 7.05 Å². The summed E-state index contributed by atoms with van der Waals surface area (Å²) in [5.74, 6) is 0.759. The predicted molar refractivity (Wildman–Crippen MR) is 63.7 cm³/mol. The Morgan fingerprint density at radius 1 is 1.53 bits per heavy atom. The molecule has 0 aliphatic rings. The van der Waals surface area contributed by atoms with E-state index in [2.05, 4.69) is 30.3 Å². The summed E-state index contributed by atoms with van der Waals surface area (Å²) < 4.78 is 1.87. The molecule has 1 N–H and O–H groups in total. The van der Waals surface area contributed by atoms with Crippen molar-refractivity contribution in [3.8, 4) is 0 Å². The van der Waals surface area contributed by atoms with E-state index < -0.39 is 0 Å². The molecule has 0 saturated heterocycles. The lowest BCUT2D eigenvalue weighted by Crippen LogP contribution is -2.19. The van der Waals surface area contributed by atoms with Gasteiger partial charge >= 0.3 is 0 Å². The van der Waals surface area contributed by atoms with E-state index in [0.29, 0.717) is 6.04 Å². The first-order valence-electron chi connectivity index (χ1n) is 5.84. The second kappa shape index (κ2) is 5.91. The standard InChI is InChI=1S/C12H23N3/c1-5-6-10(2)9-12(13-3)11-7-8-15(4)14-11/h7-8,10,12-13H,5-6,9H2,1-4H3. The summed E-state index contributed by atoms with van der Waals surface area (Å²) in [6, 6.07) is 2.49. The maximum Gasteiger partial charge on any atom is 0.0793 e. The van der Waals surface area contributed by atoms with Crippen molar-refractivity contribution in [2.45, 2.75) is 39.2 Å². The maximum atomic E-state index is 4.45. The molecule has 15 heavy (non-hydrogen) atoms. The Morgan fingerprint density at radius 2 is 2.27 bits per heavy atom. The Hall–Kier alpha value is -0.830. The summed E-state index contributed by atoms with van der Waals surface area (Å²) in [6.07, 6.45) is 5.73. The van der Waals surface area contributed by atoms with Crippen molar-refractivity contribution in [2.24, 2.45) is 13.0 Å². The predicted octanol–water partition coefficient (Wildman–Crippen LogP) is 2.51. The van der Waals surface area contributed by atoms with Gasteiger partial charge in [-0.05, 0) is 25.5 Å². The van der Waals surface area contributed by atoms with E-state index in [1.807, 2.05) is 25.0 Å². The van der Waals surface area contributed by atoms with Crippen LogP contribution in [0.3, 0.4) is 0 Å². The Kier molecular flexibility index (Phi) is 4.82. The normalized spacial score (nSPS) is 15.2. The Balaban J connectivity index is 2.56. The van der Waals surface area contributed by atoms with E-state index in [9.17, 15) is 0 Å². The van der Waals surface area contributed by atoms with Gasteiger partial charge in [0.25, 0.3) is 0 Å². The van der Waals surface area contributed by atoms with Gasteiger partial charge in [-0.25, -0.2) is 0 Å². The van der Waals surface area contributed by atoms with Crippen molar-refractivity contribution >= 4 is 0 Å².